The summed E-state index contributed by atoms with van der Waals surface area (Å²) in [5.41, 5.74) is 0.455. The van der Waals surface area contributed by atoms with Crippen LogP contribution in [0.15, 0.2) is 47.4 Å². The Morgan fingerprint density at radius 3 is 2.66 bits per heavy atom. The van der Waals surface area contributed by atoms with E-state index in [9.17, 15) is 23.6 Å². The fourth-order valence-electron chi connectivity index (χ4n) is 3.62. The number of hydrogen-bond acceptors (Lipinski definition) is 6. The molecule has 9 heteroatoms. The molecule has 0 spiro atoms. The van der Waals surface area contributed by atoms with Crippen molar-refractivity contribution in [1.29, 1.82) is 0 Å². The van der Waals surface area contributed by atoms with Gasteiger partial charge in [0.1, 0.15) is 11.4 Å². The molecule has 1 saturated heterocycles. The van der Waals surface area contributed by atoms with Crippen LogP contribution in [0.4, 0.5) is 11.4 Å². The number of nitro benzene ring substituents is 1. The van der Waals surface area contributed by atoms with Crippen molar-refractivity contribution >= 4 is 21.4 Å². The molecule has 2 atom stereocenters. The van der Waals surface area contributed by atoms with Gasteiger partial charge in [0.15, 0.2) is 0 Å². The van der Waals surface area contributed by atoms with E-state index in [4.69, 9.17) is 0 Å². The molecule has 0 aromatic heterocycles. The van der Waals surface area contributed by atoms with E-state index in [0.717, 1.165) is 18.9 Å². The molecular formula is C20H25N3O5S. The molecule has 2 aromatic carbocycles. The summed E-state index contributed by atoms with van der Waals surface area (Å²) in [7, 11) is -3.79. The van der Waals surface area contributed by atoms with Crippen LogP contribution < -0.4 is 5.32 Å². The van der Waals surface area contributed by atoms with E-state index < -0.39 is 21.0 Å². The van der Waals surface area contributed by atoms with Gasteiger partial charge in [-0.2, -0.15) is 4.31 Å². The zero-order valence-electron chi connectivity index (χ0n) is 16.4. The summed E-state index contributed by atoms with van der Waals surface area (Å²) in [5.74, 6) is 0.336. The Bertz CT molecular complexity index is 1010. The first-order valence-electron chi connectivity index (χ1n) is 9.53. The number of phenols is 1. The quantitative estimate of drug-likeness (QED) is 0.542. The Morgan fingerprint density at radius 1 is 1.28 bits per heavy atom. The molecule has 0 bridgehead atoms. The molecule has 1 heterocycles. The van der Waals surface area contributed by atoms with E-state index in [0.29, 0.717) is 18.7 Å². The average Bonchev–Trinajstić information content (AvgIpc) is 2.68. The zero-order chi connectivity index (χ0) is 21.2. The standard InChI is InChI=1S/C20H25N3O5S/c1-14-6-5-11-22(13-14)29(27,28)16-9-10-18(19(12-16)23(25)26)21-15(2)17-7-3-4-8-20(17)24/h3-4,7-10,12,14-15,21,24H,5-6,11,13H2,1-2H3. The molecule has 2 unspecified atom stereocenters. The Kier molecular flexibility index (Phi) is 6.09. The van der Waals surface area contributed by atoms with Crippen LogP contribution in [0.5, 0.6) is 5.75 Å². The molecule has 0 saturated carbocycles. The fraction of sp³-hybridized carbons (Fsp3) is 0.400. The van der Waals surface area contributed by atoms with E-state index in [2.05, 4.69) is 5.32 Å². The first-order valence-corrected chi connectivity index (χ1v) is 11.0. The minimum Gasteiger partial charge on any atom is -0.508 e. The second-order valence-electron chi connectivity index (χ2n) is 7.47. The summed E-state index contributed by atoms with van der Waals surface area (Å²) in [5, 5.41) is 24.6. The summed E-state index contributed by atoms with van der Waals surface area (Å²) in [6.07, 6.45) is 1.75. The number of piperidine rings is 1. The van der Waals surface area contributed by atoms with E-state index in [1.54, 1.807) is 25.1 Å². The molecule has 156 valence electrons. The highest BCUT2D eigenvalue weighted by Crippen LogP contribution is 2.34. The molecule has 0 aliphatic carbocycles. The number of rotatable bonds is 6. The summed E-state index contributed by atoms with van der Waals surface area (Å²) in [6, 6.07) is 10.2. The number of nitrogens with zero attached hydrogens (tertiary/aromatic N) is 2. The number of benzene rings is 2. The number of aromatic hydroxyl groups is 1. The molecule has 0 amide bonds. The largest absolute Gasteiger partial charge is 0.508 e. The molecule has 2 aromatic rings. The number of phenolic OH excluding ortho intramolecular Hbond substituents is 1. The highest BCUT2D eigenvalue weighted by Gasteiger charge is 2.30. The second-order valence-corrected chi connectivity index (χ2v) is 9.41. The van der Waals surface area contributed by atoms with Gasteiger partial charge in [-0.25, -0.2) is 8.42 Å². The first kappa shape index (κ1) is 21.1. The number of sulfonamides is 1. The van der Waals surface area contributed by atoms with Crippen LogP contribution in [0, 0.1) is 16.0 Å². The minimum absolute atomic E-state index is 0.0774. The number of hydrogen-bond donors (Lipinski definition) is 2. The van der Waals surface area contributed by atoms with Gasteiger partial charge in [0.05, 0.1) is 15.9 Å². The molecule has 3 rings (SSSR count). The Balaban J connectivity index is 1.91. The lowest BCUT2D eigenvalue weighted by atomic mass is 10.0. The number of para-hydroxylation sites is 1. The third-order valence-electron chi connectivity index (χ3n) is 5.20. The predicted molar refractivity (Wildman–Crippen MR) is 110 cm³/mol. The average molecular weight is 420 g/mol. The van der Waals surface area contributed by atoms with Gasteiger partial charge in [-0.3, -0.25) is 10.1 Å². The van der Waals surface area contributed by atoms with Crippen molar-refractivity contribution in [3.63, 3.8) is 0 Å². The normalized spacial score (nSPS) is 18.9. The minimum atomic E-state index is -3.79. The number of anilines is 1. The van der Waals surface area contributed by atoms with Crippen molar-refractivity contribution in [2.24, 2.45) is 5.92 Å². The monoisotopic (exact) mass is 419 g/mol. The molecule has 1 aliphatic heterocycles. The molecule has 8 nitrogen and oxygen atoms in total. The Hall–Kier alpha value is -2.65. The molecule has 0 radical (unpaired) electrons. The molecule has 2 N–H and O–H groups in total. The van der Waals surface area contributed by atoms with E-state index in [-0.39, 0.29) is 27.9 Å². The maximum absolute atomic E-state index is 13.0. The van der Waals surface area contributed by atoms with Gasteiger partial charge in [-0.15, -0.1) is 0 Å². The number of nitro groups is 1. The van der Waals surface area contributed by atoms with Crippen molar-refractivity contribution in [3.8, 4) is 5.75 Å². The maximum atomic E-state index is 13.0. The molecule has 1 fully saturated rings. The van der Waals surface area contributed by atoms with Crippen LogP contribution in [0.25, 0.3) is 0 Å². The second kappa shape index (κ2) is 8.38. The van der Waals surface area contributed by atoms with Crippen molar-refractivity contribution < 1.29 is 18.4 Å². The zero-order valence-corrected chi connectivity index (χ0v) is 17.2. The van der Waals surface area contributed by atoms with E-state index in [1.807, 2.05) is 6.92 Å². The van der Waals surface area contributed by atoms with Crippen LogP contribution in [-0.4, -0.2) is 35.8 Å². The summed E-state index contributed by atoms with van der Waals surface area (Å²) in [6.45, 7) is 4.60. The maximum Gasteiger partial charge on any atom is 0.293 e. The predicted octanol–water partition coefficient (Wildman–Crippen LogP) is 3.89. The highest BCUT2D eigenvalue weighted by atomic mass is 32.2. The topological polar surface area (TPSA) is 113 Å². The van der Waals surface area contributed by atoms with Crippen molar-refractivity contribution in [2.45, 2.75) is 37.6 Å². The number of nitrogens with one attached hydrogen (secondary N) is 1. The third-order valence-corrected chi connectivity index (χ3v) is 7.06. The van der Waals surface area contributed by atoms with Crippen molar-refractivity contribution in [2.75, 3.05) is 18.4 Å². The van der Waals surface area contributed by atoms with Crippen LogP contribution in [-0.2, 0) is 10.0 Å². The van der Waals surface area contributed by atoms with Gasteiger partial charge in [0.25, 0.3) is 5.69 Å². The van der Waals surface area contributed by atoms with Gasteiger partial charge in [-0.05, 0) is 43.9 Å². The van der Waals surface area contributed by atoms with Crippen LogP contribution in [0.2, 0.25) is 0 Å². The lowest BCUT2D eigenvalue weighted by Crippen LogP contribution is -2.39. The van der Waals surface area contributed by atoms with Crippen LogP contribution in [0.3, 0.4) is 0 Å². The van der Waals surface area contributed by atoms with Gasteiger partial charge >= 0.3 is 0 Å². The van der Waals surface area contributed by atoms with Crippen molar-refractivity contribution in [1.82, 2.24) is 4.31 Å². The highest BCUT2D eigenvalue weighted by molar-refractivity contribution is 7.89. The third kappa shape index (κ3) is 4.51. The molecular weight excluding hydrogens is 394 g/mol. The van der Waals surface area contributed by atoms with Gasteiger partial charge in [0, 0.05) is 24.7 Å². The molecule has 1 aliphatic rings. The van der Waals surface area contributed by atoms with Crippen molar-refractivity contribution in [3.05, 3.63) is 58.1 Å². The summed E-state index contributed by atoms with van der Waals surface area (Å²) < 4.78 is 27.3. The SMILES string of the molecule is CC1CCCN(S(=O)(=O)c2ccc(NC(C)c3ccccc3O)c([N+](=O)[O-])c2)C1. The van der Waals surface area contributed by atoms with E-state index >= 15 is 0 Å². The molecule has 29 heavy (non-hydrogen) atoms. The van der Waals surface area contributed by atoms with E-state index in [1.165, 1.54) is 22.5 Å². The fourth-order valence-corrected chi connectivity index (χ4v) is 5.24. The lowest BCUT2D eigenvalue weighted by Gasteiger charge is -2.30. The van der Waals surface area contributed by atoms with Gasteiger partial charge < -0.3 is 10.4 Å². The van der Waals surface area contributed by atoms with Crippen LogP contribution >= 0.6 is 0 Å². The van der Waals surface area contributed by atoms with Gasteiger partial charge in [0.2, 0.25) is 10.0 Å². The van der Waals surface area contributed by atoms with Gasteiger partial charge in [-0.1, -0.05) is 25.1 Å². The summed E-state index contributed by atoms with van der Waals surface area (Å²) >= 11 is 0. The Morgan fingerprint density at radius 2 is 2.00 bits per heavy atom. The summed E-state index contributed by atoms with van der Waals surface area (Å²) in [4.78, 5) is 10.9. The Labute approximate surface area is 170 Å². The smallest absolute Gasteiger partial charge is 0.293 e. The van der Waals surface area contributed by atoms with Crippen LogP contribution in [0.1, 0.15) is 38.3 Å². The lowest BCUT2D eigenvalue weighted by molar-refractivity contribution is -0.384. The first-order chi connectivity index (χ1) is 13.7.